The molecule has 0 saturated carbocycles. The summed E-state index contributed by atoms with van der Waals surface area (Å²) in [4.78, 5) is 44.2. The molecular formula is C35H38AuN4O2-4. The normalized spacial score (nSPS) is 15.3. The van der Waals surface area contributed by atoms with Crippen molar-refractivity contribution < 1.29 is 32.0 Å². The summed E-state index contributed by atoms with van der Waals surface area (Å²) in [6.07, 6.45) is 11.3. The summed E-state index contributed by atoms with van der Waals surface area (Å²) < 4.78 is 0. The molecule has 0 fully saturated rings. The predicted molar refractivity (Wildman–Crippen MR) is 163 cm³/mol. The van der Waals surface area contributed by atoms with Gasteiger partial charge in [-0.25, -0.2) is 0 Å². The van der Waals surface area contributed by atoms with Gasteiger partial charge in [0, 0.05) is 35.2 Å². The standard InChI is InChI=1S/C35H38N4O2.Au/c1-9-25-22(6)30-15-32-24(8)27(13-11-19(3)41)35(39-32)17-34-26(12-10-18(2)40)23(7)31(38-34)14-28-20(4)21(5)29(36-28)16-33(25)37-30;/h14-17H,9-13H2,1-8H3;/q-4;/b28-14-,29-16-,30-15?,31-14?,32-15-,33-16?,34-17?,35-17-;. The van der Waals surface area contributed by atoms with Crippen LogP contribution in [-0.2, 0) is 51.2 Å². The molecule has 225 valence electrons. The Bertz CT molecular complexity index is 1940. The van der Waals surface area contributed by atoms with Crippen molar-refractivity contribution in [2.24, 2.45) is 0 Å². The first-order valence-corrected chi connectivity index (χ1v) is 14.5. The molecule has 5 heterocycles. The Balaban J connectivity index is 0.00000405. The summed E-state index contributed by atoms with van der Waals surface area (Å²) in [7, 11) is 0. The van der Waals surface area contributed by atoms with E-state index in [0.717, 1.165) is 89.5 Å². The molecule has 42 heavy (non-hydrogen) atoms. The van der Waals surface area contributed by atoms with Crippen molar-refractivity contribution in [3.05, 3.63) is 88.7 Å². The Labute approximate surface area is 263 Å². The second-order valence-electron chi connectivity index (χ2n) is 11.4. The van der Waals surface area contributed by atoms with Crippen LogP contribution in [0.5, 0.6) is 0 Å². The van der Waals surface area contributed by atoms with E-state index < -0.39 is 0 Å². The van der Waals surface area contributed by atoms with Crippen LogP contribution >= 0.6 is 0 Å². The first-order chi connectivity index (χ1) is 19.5. The SMILES string of the molecule is CCc1c2[n-]c(c1C)/C=c1\[n-]/c(c(CCC(C)=O)c1C)=C\c1[n-]c(c(C)c1CCC(C)=O)/C=c1\[n-]/c(c(C)c1C)=C\2.[Au]. The molecule has 8 bridgehead atoms. The summed E-state index contributed by atoms with van der Waals surface area (Å²) in [5.41, 5.74) is 12.4. The zero-order valence-corrected chi connectivity index (χ0v) is 27.9. The number of rotatable bonds is 7. The minimum atomic E-state index is 0. The molecule has 0 N–H and O–H groups in total. The molecule has 0 atom stereocenters. The van der Waals surface area contributed by atoms with Crippen LogP contribution in [0.3, 0.4) is 0 Å². The maximum Gasteiger partial charge on any atom is 0.130 e. The second kappa shape index (κ2) is 12.5. The van der Waals surface area contributed by atoms with Crippen LogP contribution in [0.25, 0.3) is 24.3 Å². The first kappa shape index (κ1) is 31.6. The van der Waals surface area contributed by atoms with Gasteiger partial charge in [-0.1, -0.05) is 75.7 Å². The molecule has 0 aromatic carbocycles. The number of aromatic nitrogens is 4. The summed E-state index contributed by atoms with van der Waals surface area (Å²) in [6.45, 7) is 15.9. The molecule has 4 aromatic rings. The van der Waals surface area contributed by atoms with Gasteiger partial charge in [-0.3, -0.25) is 0 Å². The molecule has 4 aromatic heterocycles. The van der Waals surface area contributed by atoms with Crippen molar-refractivity contribution in [3.8, 4) is 0 Å². The fourth-order valence-electron chi connectivity index (χ4n) is 5.82. The summed E-state index contributed by atoms with van der Waals surface area (Å²) in [5, 5.41) is 3.50. The van der Waals surface area contributed by atoms with E-state index in [1.807, 2.05) is 6.08 Å². The van der Waals surface area contributed by atoms with Crippen LogP contribution in [0.1, 0.15) is 101 Å². The largest absolute Gasteiger partial charge is 0.657 e. The van der Waals surface area contributed by atoms with E-state index in [4.69, 9.17) is 19.9 Å². The zero-order valence-electron chi connectivity index (χ0n) is 25.8. The van der Waals surface area contributed by atoms with E-state index >= 15 is 0 Å². The maximum atomic E-state index is 12.0. The molecule has 0 unspecified atom stereocenters. The third-order valence-corrected chi connectivity index (χ3v) is 8.63. The van der Waals surface area contributed by atoms with Crippen molar-refractivity contribution in [2.75, 3.05) is 0 Å². The van der Waals surface area contributed by atoms with E-state index in [0.29, 0.717) is 25.7 Å². The molecule has 1 aliphatic heterocycles. The molecular weight excluding hydrogens is 705 g/mol. The number of hydrogen-bond acceptors (Lipinski definition) is 2. The Morgan fingerprint density at radius 1 is 0.524 bits per heavy atom. The molecule has 5 rings (SSSR count). The molecule has 6 nitrogen and oxygen atoms in total. The maximum absolute atomic E-state index is 12.0. The smallest absolute Gasteiger partial charge is 0.130 e. The van der Waals surface area contributed by atoms with Crippen LogP contribution < -0.4 is 41.3 Å². The van der Waals surface area contributed by atoms with Gasteiger partial charge in [-0.2, -0.15) is 0 Å². The number of carbonyl (C=O) groups excluding carboxylic acids is 2. The number of carbonyl (C=O) groups is 2. The number of ketones is 2. The van der Waals surface area contributed by atoms with Crippen molar-refractivity contribution in [1.82, 2.24) is 19.9 Å². The van der Waals surface area contributed by atoms with Gasteiger partial charge in [-0.15, -0.1) is 44.2 Å². The predicted octanol–water partition coefficient (Wildman–Crippen LogP) is 2.29. The molecule has 7 heteroatoms. The quantitative estimate of drug-likeness (QED) is 0.238. The van der Waals surface area contributed by atoms with Crippen LogP contribution in [0.4, 0.5) is 0 Å². The Morgan fingerprint density at radius 2 is 0.929 bits per heavy atom. The monoisotopic (exact) mass is 743 g/mol. The van der Waals surface area contributed by atoms with Gasteiger partial charge < -0.3 is 29.5 Å². The summed E-state index contributed by atoms with van der Waals surface area (Å²) in [5.74, 6) is 0.296. The third kappa shape index (κ3) is 5.94. The molecule has 0 saturated heterocycles. The molecule has 0 amide bonds. The van der Waals surface area contributed by atoms with Crippen molar-refractivity contribution in [1.29, 1.82) is 0 Å². The zero-order chi connectivity index (χ0) is 29.6. The van der Waals surface area contributed by atoms with Crippen LogP contribution in [0.15, 0.2) is 0 Å². The third-order valence-electron chi connectivity index (χ3n) is 8.63. The van der Waals surface area contributed by atoms with E-state index in [1.165, 1.54) is 5.56 Å². The number of fused-ring (bicyclic) bond motifs is 8. The average Bonchev–Trinajstić information content (AvgIpc) is 3.56. The molecule has 0 aliphatic carbocycles. The van der Waals surface area contributed by atoms with Gasteiger partial charge in [0.1, 0.15) is 11.6 Å². The minimum Gasteiger partial charge on any atom is -0.657 e. The molecule has 1 radical (unpaired) electrons. The molecule has 1 aliphatic rings. The van der Waals surface area contributed by atoms with Crippen LogP contribution in [-0.4, -0.2) is 11.6 Å². The van der Waals surface area contributed by atoms with E-state index in [2.05, 4.69) is 59.8 Å². The number of hydrogen-bond donors (Lipinski definition) is 0. The van der Waals surface area contributed by atoms with Gasteiger partial charge in [-0.05, 0) is 67.7 Å². The first-order valence-electron chi connectivity index (χ1n) is 14.5. The molecule has 0 spiro atoms. The number of Topliss-reactive ketones (excluding diaryl/α,β-unsaturated/α-hetero) is 2. The van der Waals surface area contributed by atoms with Gasteiger partial charge in [0.05, 0.1) is 0 Å². The van der Waals surface area contributed by atoms with Gasteiger partial charge in [0.25, 0.3) is 0 Å². The Morgan fingerprint density at radius 3 is 1.45 bits per heavy atom. The van der Waals surface area contributed by atoms with Gasteiger partial charge >= 0.3 is 0 Å². The van der Waals surface area contributed by atoms with Gasteiger partial charge in [0.2, 0.25) is 0 Å². The van der Waals surface area contributed by atoms with Crippen molar-refractivity contribution in [3.63, 3.8) is 0 Å². The van der Waals surface area contributed by atoms with Crippen molar-refractivity contribution in [2.45, 2.75) is 87.5 Å². The fourth-order valence-corrected chi connectivity index (χ4v) is 5.82. The van der Waals surface area contributed by atoms with Crippen LogP contribution in [0.2, 0.25) is 0 Å². The Kier molecular flexibility index (Phi) is 9.41. The van der Waals surface area contributed by atoms with E-state index in [-0.39, 0.29) is 33.9 Å². The van der Waals surface area contributed by atoms with E-state index in [1.54, 1.807) is 13.8 Å². The van der Waals surface area contributed by atoms with Crippen LogP contribution in [0, 0.1) is 34.6 Å². The summed E-state index contributed by atoms with van der Waals surface area (Å²) in [6, 6.07) is 0. The van der Waals surface area contributed by atoms with Gasteiger partial charge in [0.15, 0.2) is 0 Å². The second-order valence-corrected chi connectivity index (χ2v) is 11.4. The topological polar surface area (TPSA) is 90.5 Å². The Hall–Kier alpha value is -3.32. The average molecular weight is 744 g/mol. The summed E-state index contributed by atoms with van der Waals surface area (Å²) >= 11 is 0. The number of nitrogens with zero attached hydrogens (tertiary/aromatic N) is 4. The fraction of sp³-hybridized carbons (Fsp3) is 0.371. The van der Waals surface area contributed by atoms with Crippen molar-refractivity contribution >= 4 is 35.9 Å². The van der Waals surface area contributed by atoms with E-state index in [9.17, 15) is 9.59 Å². The minimum absolute atomic E-state index is 0.